The lowest BCUT2D eigenvalue weighted by molar-refractivity contribution is 0.103. The van der Waals surface area contributed by atoms with E-state index >= 15 is 0 Å². The van der Waals surface area contributed by atoms with E-state index in [4.69, 9.17) is 4.74 Å². The summed E-state index contributed by atoms with van der Waals surface area (Å²) in [6.07, 6.45) is 0.453. The highest BCUT2D eigenvalue weighted by molar-refractivity contribution is 5.24. The second kappa shape index (κ2) is 8.57. The van der Waals surface area contributed by atoms with Gasteiger partial charge in [-0.3, -0.25) is 0 Å². The smallest absolute Gasteiger partial charge is 0.119 e. The third-order valence-electron chi connectivity index (χ3n) is 3.67. The second-order valence-corrected chi connectivity index (χ2v) is 5.56. The molecule has 0 amide bonds. The molecule has 0 aliphatic carbocycles. The first kappa shape index (κ1) is 16.5. The molecule has 0 saturated heterocycles. The summed E-state index contributed by atoms with van der Waals surface area (Å²) >= 11 is 0. The molecule has 0 heterocycles. The molecule has 22 heavy (non-hydrogen) atoms. The van der Waals surface area contributed by atoms with Crippen LogP contribution in [0.25, 0.3) is 0 Å². The average Bonchev–Trinajstić information content (AvgIpc) is 2.56. The highest BCUT2D eigenvalue weighted by Crippen LogP contribution is 2.17. The Balaban J connectivity index is 1.78. The molecule has 3 heteroatoms. The van der Waals surface area contributed by atoms with E-state index < -0.39 is 6.10 Å². The number of benzene rings is 2. The summed E-state index contributed by atoms with van der Waals surface area (Å²) in [6, 6.07) is 18.3. The van der Waals surface area contributed by atoms with Crippen molar-refractivity contribution in [2.45, 2.75) is 32.4 Å². The molecule has 3 nitrogen and oxygen atoms in total. The van der Waals surface area contributed by atoms with Gasteiger partial charge in [0, 0.05) is 12.6 Å². The summed E-state index contributed by atoms with van der Waals surface area (Å²) in [5.74, 6) is 0.784. The van der Waals surface area contributed by atoms with Gasteiger partial charge in [-0.1, -0.05) is 55.0 Å². The Labute approximate surface area is 133 Å². The SMILES string of the molecule is CCC(NCC(O)COc1ccccc1)c1ccc(C)cc1. The van der Waals surface area contributed by atoms with Crippen LogP contribution < -0.4 is 10.1 Å². The Kier molecular flexibility index (Phi) is 6.44. The van der Waals surface area contributed by atoms with Crippen LogP contribution >= 0.6 is 0 Å². The summed E-state index contributed by atoms with van der Waals surface area (Å²) in [6.45, 7) is 5.04. The topological polar surface area (TPSA) is 41.5 Å². The Morgan fingerprint density at radius 1 is 1.05 bits per heavy atom. The highest BCUT2D eigenvalue weighted by Gasteiger charge is 2.11. The lowest BCUT2D eigenvalue weighted by Crippen LogP contribution is -2.33. The summed E-state index contributed by atoms with van der Waals surface area (Å²) in [5, 5.41) is 13.5. The van der Waals surface area contributed by atoms with Gasteiger partial charge in [0.2, 0.25) is 0 Å². The minimum atomic E-state index is -0.528. The molecule has 0 fully saturated rings. The van der Waals surface area contributed by atoms with Crippen molar-refractivity contribution in [2.24, 2.45) is 0 Å². The number of para-hydroxylation sites is 1. The highest BCUT2D eigenvalue weighted by atomic mass is 16.5. The van der Waals surface area contributed by atoms with Crippen molar-refractivity contribution >= 4 is 0 Å². The number of rotatable bonds is 8. The van der Waals surface area contributed by atoms with Gasteiger partial charge in [-0.2, -0.15) is 0 Å². The summed E-state index contributed by atoms with van der Waals surface area (Å²) in [5.41, 5.74) is 2.51. The number of aliphatic hydroxyl groups excluding tert-OH is 1. The van der Waals surface area contributed by atoms with Gasteiger partial charge in [-0.15, -0.1) is 0 Å². The molecule has 118 valence electrons. The van der Waals surface area contributed by atoms with Crippen molar-refractivity contribution in [3.8, 4) is 5.75 Å². The number of nitrogens with one attached hydrogen (secondary N) is 1. The van der Waals surface area contributed by atoms with E-state index in [1.54, 1.807) is 0 Å². The maximum Gasteiger partial charge on any atom is 0.119 e. The quantitative estimate of drug-likeness (QED) is 0.784. The van der Waals surface area contributed by atoms with E-state index in [9.17, 15) is 5.11 Å². The van der Waals surface area contributed by atoms with Crippen LogP contribution in [-0.2, 0) is 0 Å². The maximum atomic E-state index is 10.1. The fraction of sp³-hybridized carbons (Fsp3) is 0.368. The molecule has 2 N–H and O–H groups in total. The van der Waals surface area contributed by atoms with Crippen LogP contribution in [0.2, 0.25) is 0 Å². The zero-order chi connectivity index (χ0) is 15.8. The summed E-state index contributed by atoms with van der Waals surface area (Å²) < 4.78 is 5.57. The molecule has 0 aliphatic heterocycles. The Hall–Kier alpha value is -1.84. The molecule has 0 spiro atoms. The van der Waals surface area contributed by atoms with Gasteiger partial charge >= 0.3 is 0 Å². The Bertz CT molecular complexity index is 539. The van der Waals surface area contributed by atoms with Gasteiger partial charge in [-0.25, -0.2) is 0 Å². The van der Waals surface area contributed by atoms with Crippen molar-refractivity contribution in [3.05, 3.63) is 65.7 Å². The number of hydrogen-bond acceptors (Lipinski definition) is 3. The van der Waals surface area contributed by atoms with Crippen LogP contribution in [0, 0.1) is 6.92 Å². The predicted octanol–water partition coefficient (Wildman–Crippen LogP) is 3.48. The van der Waals surface area contributed by atoms with Crippen molar-refractivity contribution in [3.63, 3.8) is 0 Å². The molecule has 0 saturated carbocycles. The zero-order valence-electron chi connectivity index (χ0n) is 13.3. The number of ether oxygens (including phenoxy) is 1. The maximum absolute atomic E-state index is 10.1. The third-order valence-corrected chi connectivity index (χ3v) is 3.67. The monoisotopic (exact) mass is 299 g/mol. The number of aryl methyl sites for hydroxylation is 1. The zero-order valence-corrected chi connectivity index (χ0v) is 13.3. The molecule has 2 atom stereocenters. The molecule has 2 rings (SSSR count). The van der Waals surface area contributed by atoms with E-state index in [1.165, 1.54) is 11.1 Å². The molecule has 0 radical (unpaired) electrons. The van der Waals surface area contributed by atoms with Gasteiger partial charge < -0.3 is 15.2 Å². The van der Waals surface area contributed by atoms with Crippen LogP contribution in [-0.4, -0.2) is 24.4 Å². The predicted molar refractivity (Wildman–Crippen MR) is 90.2 cm³/mol. The lowest BCUT2D eigenvalue weighted by Gasteiger charge is -2.20. The average molecular weight is 299 g/mol. The van der Waals surface area contributed by atoms with E-state index in [0.29, 0.717) is 13.2 Å². The summed E-state index contributed by atoms with van der Waals surface area (Å²) in [7, 11) is 0. The molecule has 0 aliphatic rings. The van der Waals surface area contributed by atoms with E-state index in [0.717, 1.165) is 12.2 Å². The van der Waals surface area contributed by atoms with E-state index in [2.05, 4.69) is 43.4 Å². The van der Waals surface area contributed by atoms with E-state index in [1.807, 2.05) is 30.3 Å². The molecular formula is C19H25NO2. The van der Waals surface area contributed by atoms with Crippen LogP contribution in [0.5, 0.6) is 5.75 Å². The first-order valence-corrected chi connectivity index (χ1v) is 7.85. The number of hydrogen-bond donors (Lipinski definition) is 2. The minimum absolute atomic E-state index is 0.256. The van der Waals surface area contributed by atoms with Crippen molar-refractivity contribution in [1.82, 2.24) is 5.32 Å². The molecule has 0 bridgehead atoms. The fourth-order valence-electron chi connectivity index (χ4n) is 2.34. The van der Waals surface area contributed by atoms with Crippen molar-refractivity contribution in [2.75, 3.05) is 13.2 Å². The molecule has 2 aromatic rings. The minimum Gasteiger partial charge on any atom is -0.491 e. The van der Waals surface area contributed by atoms with E-state index in [-0.39, 0.29) is 6.04 Å². The van der Waals surface area contributed by atoms with Crippen LogP contribution in [0.1, 0.15) is 30.5 Å². The molecule has 0 aromatic heterocycles. The number of aliphatic hydroxyl groups is 1. The lowest BCUT2D eigenvalue weighted by atomic mass is 10.0. The second-order valence-electron chi connectivity index (χ2n) is 5.56. The van der Waals surface area contributed by atoms with Crippen molar-refractivity contribution < 1.29 is 9.84 Å². The Morgan fingerprint density at radius 3 is 2.36 bits per heavy atom. The van der Waals surface area contributed by atoms with Crippen molar-refractivity contribution in [1.29, 1.82) is 0 Å². The largest absolute Gasteiger partial charge is 0.491 e. The summed E-state index contributed by atoms with van der Waals surface area (Å²) in [4.78, 5) is 0. The fourth-order valence-corrected chi connectivity index (χ4v) is 2.34. The van der Waals surface area contributed by atoms with Gasteiger partial charge in [-0.05, 0) is 31.0 Å². The van der Waals surface area contributed by atoms with Gasteiger partial charge in [0.1, 0.15) is 18.5 Å². The first-order chi connectivity index (χ1) is 10.7. The third kappa shape index (κ3) is 5.17. The first-order valence-electron chi connectivity index (χ1n) is 7.85. The Morgan fingerprint density at radius 2 is 1.73 bits per heavy atom. The van der Waals surface area contributed by atoms with Crippen LogP contribution in [0.3, 0.4) is 0 Å². The molecular weight excluding hydrogens is 274 g/mol. The van der Waals surface area contributed by atoms with Gasteiger partial charge in [0.25, 0.3) is 0 Å². The molecule has 2 aromatic carbocycles. The standard InChI is InChI=1S/C19H25NO2/c1-3-19(16-11-9-15(2)10-12-16)20-13-17(21)14-22-18-7-5-4-6-8-18/h4-12,17,19-21H,3,13-14H2,1-2H3. The van der Waals surface area contributed by atoms with Gasteiger partial charge in [0.05, 0.1) is 0 Å². The van der Waals surface area contributed by atoms with Crippen LogP contribution in [0.15, 0.2) is 54.6 Å². The molecule has 2 unspecified atom stereocenters. The van der Waals surface area contributed by atoms with Gasteiger partial charge in [0.15, 0.2) is 0 Å². The van der Waals surface area contributed by atoms with Crippen LogP contribution in [0.4, 0.5) is 0 Å². The normalized spacial score (nSPS) is 13.6.